The van der Waals surface area contributed by atoms with Gasteiger partial charge in [0.25, 0.3) is 0 Å². The molecule has 6 nitrogen and oxygen atoms in total. The molecule has 0 aliphatic rings. The molecule has 6 rings (SSSR count). The predicted octanol–water partition coefficient (Wildman–Crippen LogP) is 10.7. The van der Waals surface area contributed by atoms with E-state index >= 15 is 0 Å². The quantitative estimate of drug-likeness (QED) is 0.0842. The Morgan fingerprint density at radius 2 is 1.07 bits per heavy atom. The molecular weight excluding hydrogens is 760 g/mol. The van der Waals surface area contributed by atoms with E-state index < -0.39 is 71.7 Å². The van der Waals surface area contributed by atoms with E-state index in [9.17, 15) is 50.4 Å². The lowest BCUT2D eigenvalue weighted by molar-refractivity contribution is -0.266. The van der Waals surface area contributed by atoms with Crippen LogP contribution in [0.4, 0.5) is 35.1 Å². The highest BCUT2D eigenvalue weighted by Crippen LogP contribution is 2.46. The monoisotopic (exact) mass is 804 g/mol. The lowest BCUT2D eigenvalue weighted by atomic mass is 9.73. The van der Waals surface area contributed by atoms with Gasteiger partial charge in [0.15, 0.2) is 11.2 Å². The molecule has 6 aromatic rings. The van der Waals surface area contributed by atoms with Crippen LogP contribution in [0.5, 0.6) is 11.5 Å². The molecule has 0 amide bonds. The smallest absolute Gasteiger partial charge is 0.417 e. The second kappa shape index (κ2) is 15.7. The van der Waals surface area contributed by atoms with Crippen LogP contribution in [0, 0.1) is 11.6 Å². The standard InChI is InChI=1S/C22H22F5NO2.C21H22F3NO2/c1-20(2,17-10-15(24)5-7-19(17)30-3)12-21(29,22(25,26)27)11-16-9-13-8-14(23)4-6-18(13)28-16;1-19(2,15-7-9-17(26)10-8-15)13-20(27,21(22,23)24)12-16-11-14-5-3-4-6-18(14)25-16/h4-10,28-29H,11-12H2,1-3H3;3-11,25-27H,12-13H2,1-2H3. The maximum atomic E-state index is 14.0. The van der Waals surface area contributed by atoms with E-state index in [0.29, 0.717) is 22.2 Å². The van der Waals surface area contributed by atoms with Crippen molar-refractivity contribution in [1.29, 1.82) is 0 Å². The van der Waals surface area contributed by atoms with E-state index in [1.54, 1.807) is 44.2 Å². The van der Waals surface area contributed by atoms with Crippen molar-refractivity contribution >= 4 is 21.8 Å². The summed E-state index contributed by atoms with van der Waals surface area (Å²) in [4.78, 5) is 5.76. The number of hydrogen-bond acceptors (Lipinski definition) is 4. The van der Waals surface area contributed by atoms with Gasteiger partial charge in [0, 0.05) is 46.2 Å². The van der Waals surface area contributed by atoms with Crippen molar-refractivity contribution in [2.45, 2.75) is 87.8 Å². The van der Waals surface area contributed by atoms with E-state index in [-0.39, 0.29) is 22.8 Å². The summed E-state index contributed by atoms with van der Waals surface area (Å²) in [5.41, 5.74) is -5.79. The third kappa shape index (κ3) is 9.73. The molecule has 0 radical (unpaired) electrons. The van der Waals surface area contributed by atoms with Gasteiger partial charge in [-0.05, 0) is 101 Å². The van der Waals surface area contributed by atoms with Gasteiger partial charge in [-0.15, -0.1) is 0 Å². The first-order chi connectivity index (χ1) is 26.3. The number of aromatic hydroxyl groups is 1. The SMILES string of the molecule is CC(C)(CC(O)(Cc1cc2ccccc2[nH]1)C(F)(F)F)c1ccc(O)cc1.COc1ccc(F)cc1C(C)(C)CC(O)(Cc1cc2cc(F)ccc2[nH]1)C(F)(F)F. The Labute approximate surface area is 324 Å². The van der Waals surface area contributed by atoms with Crippen molar-refractivity contribution in [3.63, 3.8) is 0 Å². The predicted molar refractivity (Wildman–Crippen MR) is 202 cm³/mol. The Balaban J connectivity index is 0.000000219. The van der Waals surface area contributed by atoms with E-state index in [1.165, 1.54) is 63.4 Å². The van der Waals surface area contributed by atoms with Gasteiger partial charge in [0.2, 0.25) is 0 Å². The summed E-state index contributed by atoms with van der Waals surface area (Å²) in [6, 6.07) is 23.6. The first-order valence-corrected chi connectivity index (χ1v) is 17.9. The van der Waals surface area contributed by atoms with Crippen molar-refractivity contribution in [3.8, 4) is 11.5 Å². The Morgan fingerprint density at radius 3 is 1.61 bits per heavy atom. The number of phenolic OH excluding ortho intramolecular Hbond substituents is 1. The van der Waals surface area contributed by atoms with Gasteiger partial charge in [-0.1, -0.05) is 58.0 Å². The van der Waals surface area contributed by atoms with Crippen molar-refractivity contribution in [1.82, 2.24) is 9.97 Å². The van der Waals surface area contributed by atoms with Crippen LogP contribution in [-0.4, -0.2) is 56.0 Å². The number of phenols is 1. The van der Waals surface area contributed by atoms with Crippen LogP contribution in [0.15, 0.2) is 97.1 Å². The molecule has 0 aliphatic heterocycles. The van der Waals surface area contributed by atoms with Crippen molar-refractivity contribution in [2.24, 2.45) is 0 Å². The number of methoxy groups -OCH3 is 1. The minimum atomic E-state index is -4.96. The summed E-state index contributed by atoms with van der Waals surface area (Å²) < 4.78 is 116. The summed E-state index contributed by atoms with van der Waals surface area (Å²) in [5.74, 6) is -0.865. The number of hydrogen-bond donors (Lipinski definition) is 5. The number of H-pyrrole nitrogens is 2. The second-order valence-corrected chi connectivity index (χ2v) is 15.8. The number of aromatic nitrogens is 2. The van der Waals surface area contributed by atoms with Crippen LogP contribution in [-0.2, 0) is 23.7 Å². The average Bonchev–Trinajstić information content (AvgIpc) is 3.69. The summed E-state index contributed by atoms with van der Waals surface area (Å²) in [7, 11) is 1.34. The third-order valence-corrected chi connectivity index (χ3v) is 10.3. The van der Waals surface area contributed by atoms with Crippen molar-refractivity contribution < 1.29 is 55.2 Å². The highest BCUT2D eigenvalue weighted by Gasteiger charge is 2.57. The minimum Gasteiger partial charge on any atom is -0.508 e. The Bertz CT molecular complexity index is 2280. The number of halogens is 8. The van der Waals surface area contributed by atoms with Crippen molar-refractivity contribution in [2.75, 3.05) is 7.11 Å². The summed E-state index contributed by atoms with van der Waals surface area (Å²) in [6.07, 6.45) is -12.3. The molecule has 0 spiro atoms. The number of ether oxygens (including phenoxy) is 1. The van der Waals surface area contributed by atoms with Crippen molar-refractivity contribution in [3.05, 3.63) is 131 Å². The largest absolute Gasteiger partial charge is 0.508 e. The summed E-state index contributed by atoms with van der Waals surface area (Å²) >= 11 is 0. The zero-order valence-electron chi connectivity index (χ0n) is 31.8. The Kier molecular flexibility index (Phi) is 11.9. The number of rotatable bonds is 11. The lowest BCUT2D eigenvalue weighted by Gasteiger charge is -2.38. The molecule has 2 heterocycles. The number of nitrogens with one attached hydrogen (secondary N) is 2. The van der Waals surface area contributed by atoms with Crippen LogP contribution >= 0.6 is 0 Å². The van der Waals surface area contributed by atoms with Gasteiger partial charge in [0.1, 0.15) is 23.1 Å². The molecule has 306 valence electrons. The van der Waals surface area contributed by atoms with E-state index in [2.05, 4.69) is 9.97 Å². The summed E-state index contributed by atoms with van der Waals surface area (Å²) in [6.45, 7) is 6.28. The molecule has 2 aromatic heterocycles. The lowest BCUT2D eigenvalue weighted by Crippen LogP contribution is -2.51. The van der Waals surface area contributed by atoms with Crippen LogP contribution in [0.3, 0.4) is 0 Å². The number of alkyl halides is 6. The van der Waals surface area contributed by atoms with Crippen LogP contribution in [0.1, 0.15) is 63.1 Å². The van der Waals surface area contributed by atoms with Gasteiger partial charge < -0.3 is 30.0 Å². The second-order valence-electron chi connectivity index (χ2n) is 15.8. The van der Waals surface area contributed by atoms with Gasteiger partial charge in [0.05, 0.1) is 7.11 Å². The molecule has 0 saturated heterocycles. The molecule has 14 heteroatoms. The van der Waals surface area contributed by atoms with Gasteiger partial charge in [-0.25, -0.2) is 8.78 Å². The zero-order chi connectivity index (χ0) is 42.2. The maximum absolute atomic E-state index is 14.0. The highest BCUT2D eigenvalue weighted by molar-refractivity contribution is 5.81. The van der Waals surface area contributed by atoms with Gasteiger partial charge >= 0.3 is 12.4 Å². The Morgan fingerprint density at radius 1 is 0.579 bits per heavy atom. The van der Waals surface area contributed by atoms with Gasteiger partial charge in [-0.2, -0.15) is 26.3 Å². The number of aliphatic hydroxyl groups is 2. The van der Waals surface area contributed by atoms with E-state index in [4.69, 9.17) is 4.74 Å². The first kappa shape index (κ1) is 43.1. The third-order valence-electron chi connectivity index (χ3n) is 10.3. The number of benzene rings is 4. The van der Waals surface area contributed by atoms with E-state index in [0.717, 1.165) is 23.0 Å². The van der Waals surface area contributed by atoms with Crippen LogP contribution < -0.4 is 4.74 Å². The molecule has 2 atom stereocenters. The van der Waals surface area contributed by atoms with Gasteiger partial charge in [-0.3, -0.25) is 0 Å². The molecule has 0 saturated carbocycles. The van der Waals surface area contributed by atoms with E-state index in [1.807, 2.05) is 12.1 Å². The molecule has 5 N–H and O–H groups in total. The topological polar surface area (TPSA) is 102 Å². The molecule has 0 fully saturated rings. The zero-order valence-corrected chi connectivity index (χ0v) is 31.8. The fourth-order valence-corrected chi connectivity index (χ4v) is 7.42. The fraction of sp³-hybridized carbons (Fsp3) is 0.349. The fourth-order valence-electron chi connectivity index (χ4n) is 7.42. The Hall–Kier alpha value is -5.08. The molecule has 0 aliphatic carbocycles. The molecule has 2 unspecified atom stereocenters. The molecule has 0 bridgehead atoms. The molecule has 4 aromatic carbocycles. The van der Waals surface area contributed by atoms with Crippen LogP contribution in [0.2, 0.25) is 0 Å². The summed E-state index contributed by atoms with van der Waals surface area (Å²) in [5, 5.41) is 32.1. The minimum absolute atomic E-state index is 0.0405. The first-order valence-electron chi connectivity index (χ1n) is 17.9. The molecular formula is C43H44F8N2O4. The number of para-hydroxylation sites is 1. The maximum Gasteiger partial charge on any atom is 0.417 e. The highest BCUT2D eigenvalue weighted by atomic mass is 19.4. The van der Waals surface area contributed by atoms with Crippen LogP contribution in [0.25, 0.3) is 21.8 Å². The normalized spacial score (nSPS) is 14.9. The number of aromatic amines is 2. The average molecular weight is 805 g/mol. The number of fused-ring (bicyclic) bond motifs is 2. The molecule has 57 heavy (non-hydrogen) atoms.